The van der Waals surface area contributed by atoms with Gasteiger partial charge in [-0.1, -0.05) is 40.2 Å². The van der Waals surface area contributed by atoms with Crippen LogP contribution >= 0.6 is 15.9 Å². The van der Waals surface area contributed by atoms with Crippen molar-refractivity contribution >= 4 is 22.0 Å². The smallest absolute Gasteiger partial charge is 0.0994 e. The number of allylic oxidation sites excluding steroid dienone is 1. The highest BCUT2D eigenvalue weighted by atomic mass is 79.9. The van der Waals surface area contributed by atoms with Gasteiger partial charge in [-0.2, -0.15) is 5.26 Å². The Morgan fingerprint density at radius 2 is 2.29 bits per heavy atom. The lowest BCUT2D eigenvalue weighted by atomic mass is 10.0. The Bertz CT molecular complexity index is 374. The van der Waals surface area contributed by atoms with Gasteiger partial charge in [0, 0.05) is 5.33 Å². The van der Waals surface area contributed by atoms with Crippen LogP contribution in [-0.2, 0) is 0 Å². The number of rotatable bonds is 3. The van der Waals surface area contributed by atoms with Crippen molar-refractivity contribution < 1.29 is 0 Å². The average molecular weight is 250 g/mol. The van der Waals surface area contributed by atoms with Crippen LogP contribution in [0.3, 0.4) is 0 Å². The quantitative estimate of drug-likeness (QED) is 0.751. The topological polar surface area (TPSA) is 23.8 Å². The summed E-state index contributed by atoms with van der Waals surface area (Å²) in [6, 6.07) is 7.97. The summed E-state index contributed by atoms with van der Waals surface area (Å²) >= 11 is 3.37. The standard InChI is InChI=1S/C12H12BrN/c1-10-11(5-2-3-8-13)6-4-7-12(10)9-14/h2,4-7H,3,8H2,1H3. The first-order valence-corrected chi connectivity index (χ1v) is 5.64. The van der Waals surface area contributed by atoms with E-state index in [1.54, 1.807) is 0 Å². The molecular weight excluding hydrogens is 238 g/mol. The third kappa shape index (κ3) is 2.71. The maximum absolute atomic E-state index is 8.83. The van der Waals surface area contributed by atoms with Gasteiger partial charge in [-0.25, -0.2) is 0 Å². The zero-order valence-electron chi connectivity index (χ0n) is 8.13. The summed E-state index contributed by atoms with van der Waals surface area (Å²) < 4.78 is 0. The molecule has 0 aliphatic carbocycles. The molecule has 0 aliphatic heterocycles. The number of benzene rings is 1. The molecule has 0 bridgehead atoms. The normalized spacial score (nSPS) is 10.4. The van der Waals surface area contributed by atoms with Crippen LogP contribution in [0.2, 0.25) is 0 Å². The van der Waals surface area contributed by atoms with E-state index < -0.39 is 0 Å². The van der Waals surface area contributed by atoms with E-state index in [9.17, 15) is 0 Å². The summed E-state index contributed by atoms with van der Waals surface area (Å²) in [4.78, 5) is 0. The third-order valence-corrected chi connectivity index (χ3v) is 2.53. The minimum atomic E-state index is 0.756. The van der Waals surface area contributed by atoms with Crippen molar-refractivity contribution in [1.29, 1.82) is 5.26 Å². The lowest BCUT2D eigenvalue weighted by molar-refractivity contribution is 1.27. The molecule has 0 fully saturated rings. The SMILES string of the molecule is Cc1c(C#N)cccc1C=CCCBr. The molecule has 0 saturated carbocycles. The summed E-state index contributed by atoms with van der Waals surface area (Å²) in [5, 5.41) is 9.81. The number of nitrogens with zero attached hydrogens (tertiary/aromatic N) is 1. The molecule has 0 atom stereocenters. The van der Waals surface area contributed by atoms with Crippen LogP contribution < -0.4 is 0 Å². The molecule has 0 spiro atoms. The second kappa shape index (κ2) is 5.62. The number of halogens is 1. The number of nitriles is 1. The van der Waals surface area contributed by atoms with Crippen LogP contribution in [0, 0.1) is 18.3 Å². The fourth-order valence-electron chi connectivity index (χ4n) is 1.23. The van der Waals surface area contributed by atoms with Crippen molar-refractivity contribution in [3.05, 3.63) is 41.0 Å². The van der Waals surface area contributed by atoms with Crippen LogP contribution in [0.1, 0.15) is 23.1 Å². The highest BCUT2D eigenvalue weighted by molar-refractivity contribution is 9.09. The molecule has 0 radical (unpaired) electrons. The summed E-state index contributed by atoms with van der Waals surface area (Å²) in [6.45, 7) is 1.98. The molecule has 0 unspecified atom stereocenters. The van der Waals surface area contributed by atoms with Crippen molar-refractivity contribution in [3.8, 4) is 6.07 Å². The van der Waals surface area contributed by atoms with Crippen molar-refractivity contribution in [2.45, 2.75) is 13.3 Å². The van der Waals surface area contributed by atoms with Gasteiger partial charge in [0.2, 0.25) is 0 Å². The number of hydrogen-bond donors (Lipinski definition) is 0. The molecule has 2 heteroatoms. The van der Waals surface area contributed by atoms with E-state index in [2.05, 4.69) is 34.2 Å². The average Bonchev–Trinajstić information content (AvgIpc) is 2.21. The monoisotopic (exact) mass is 249 g/mol. The molecule has 14 heavy (non-hydrogen) atoms. The molecule has 0 aromatic heterocycles. The summed E-state index contributed by atoms with van der Waals surface area (Å²) in [7, 11) is 0. The van der Waals surface area contributed by atoms with Crippen molar-refractivity contribution in [2.75, 3.05) is 5.33 Å². The van der Waals surface area contributed by atoms with Gasteiger partial charge in [0.25, 0.3) is 0 Å². The molecule has 1 rings (SSSR count). The minimum absolute atomic E-state index is 0.756. The minimum Gasteiger partial charge on any atom is -0.192 e. The molecule has 72 valence electrons. The van der Waals surface area contributed by atoms with E-state index in [0.29, 0.717) is 0 Å². The van der Waals surface area contributed by atoms with Gasteiger partial charge in [-0.05, 0) is 30.5 Å². The van der Waals surface area contributed by atoms with Crippen LogP contribution in [0.25, 0.3) is 6.08 Å². The Kier molecular flexibility index (Phi) is 4.42. The molecule has 1 nitrogen and oxygen atoms in total. The third-order valence-electron chi connectivity index (χ3n) is 2.07. The zero-order chi connectivity index (χ0) is 10.4. The fourth-order valence-corrected chi connectivity index (χ4v) is 1.49. The fraction of sp³-hybridized carbons (Fsp3) is 0.250. The Balaban J connectivity index is 2.94. The van der Waals surface area contributed by atoms with E-state index in [4.69, 9.17) is 5.26 Å². The van der Waals surface area contributed by atoms with Crippen molar-refractivity contribution in [2.24, 2.45) is 0 Å². The Labute approximate surface area is 93.2 Å². The van der Waals surface area contributed by atoms with Gasteiger partial charge >= 0.3 is 0 Å². The van der Waals surface area contributed by atoms with E-state index in [0.717, 1.165) is 28.4 Å². The van der Waals surface area contributed by atoms with Gasteiger partial charge in [0.1, 0.15) is 0 Å². The van der Waals surface area contributed by atoms with E-state index in [1.165, 1.54) is 0 Å². The number of alkyl halides is 1. The predicted octanol–water partition coefficient (Wildman–Crippen LogP) is 3.66. The van der Waals surface area contributed by atoms with Crippen LogP contribution in [-0.4, -0.2) is 5.33 Å². The van der Waals surface area contributed by atoms with Gasteiger partial charge in [0.15, 0.2) is 0 Å². The van der Waals surface area contributed by atoms with Crippen molar-refractivity contribution in [3.63, 3.8) is 0 Å². The summed E-state index contributed by atoms with van der Waals surface area (Å²) in [6.07, 6.45) is 5.19. The van der Waals surface area contributed by atoms with Gasteiger partial charge < -0.3 is 0 Å². The second-order valence-electron chi connectivity index (χ2n) is 3.01. The molecule has 1 aromatic carbocycles. The van der Waals surface area contributed by atoms with Gasteiger partial charge in [0.05, 0.1) is 11.6 Å². The highest BCUT2D eigenvalue weighted by Crippen LogP contribution is 2.14. The Morgan fingerprint density at radius 1 is 1.50 bits per heavy atom. The van der Waals surface area contributed by atoms with Crippen LogP contribution in [0.5, 0.6) is 0 Å². The van der Waals surface area contributed by atoms with Gasteiger partial charge in [-0.15, -0.1) is 0 Å². The second-order valence-corrected chi connectivity index (χ2v) is 3.80. The lowest BCUT2D eigenvalue weighted by Gasteiger charge is -2.01. The van der Waals surface area contributed by atoms with E-state index in [1.807, 2.05) is 25.1 Å². The maximum atomic E-state index is 8.83. The predicted molar refractivity (Wildman–Crippen MR) is 63.3 cm³/mol. The summed E-state index contributed by atoms with van der Waals surface area (Å²) in [5.41, 5.74) is 2.94. The largest absolute Gasteiger partial charge is 0.192 e. The Morgan fingerprint density at radius 3 is 2.93 bits per heavy atom. The highest BCUT2D eigenvalue weighted by Gasteiger charge is 1.99. The first kappa shape index (κ1) is 11.0. The van der Waals surface area contributed by atoms with Gasteiger partial charge in [-0.3, -0.25) is 0 Å². The first-order chi connectivity index (χ1) is 6.79. The molecule has 1 aromatic rings. The molecule has 0 heterocycles. The molecule has 0 saturated heterocycles. The van der Waals surface area contributed by atoms with Crippen molar-refractivity contribution in [1.82, 2.24) is 0 Å². The van der Waals surface area contributed by atoms with Crippen LogP contribution in [0.15, 0.2) is 24.3 Å². The number of hydrogen-bond acceptors (Lipinski definition) is 1. The van der Waals surface area contributed by atoms with E-state index >= 15 is 0 Å². The van der Waals surface area contributed by atoms with Crippen LogP contribution in [0.4, 0.5) is 0 Å². The zero-order valence-corrected chi connectivity index (χ0v) is 9.71. The Hall–Kier alpha value is -1.07. The molecule has 0 amide bonds. The molecule has 0 N–H and O–H groups in total. The first-order valence-electron chi connectivity index (χ1n) is 4.52. The molecular formula is C12H12BrN. The molecule has 0 aliphatic rings. The maximum Gasteiger partial charge on any atom is 0.0994 e. The summed E-state index contributed by atoms with van der Waals surface area (Å²) in [5.74, 6) is 0. The van der Waals surface area contributed by atoms with E-state index in [-0.39, 0.29) is 0 Å². The lowest BCUT2D eigenvalue weighted by Crippen LogP contribution is -1.85.